The number of amides is 2. The van der Waals surface area contributed by atoms with E-state index < -0.39 is 5.91 Å². The average molecular weight is 488 g/mol. The zero-order valence-electron chi connectivity index (χ0n) is 20.7. The zero-order chi connectivity index (χ0) is 25.0. The van der Waals surface area contributed by atoms with Crippen LogP contribution in [0.25, 0.3) is 10.9 Å². The van der Waals surface area contributed by atoms with Crippen LogP contribution in [0, 0.1) is 23.2 Å². The monoisotopic (exact) mass is 487 g/mol. The first-order chi connectivity index (χ1) is 17.3. The number of fused-ring (bicyclic) bond motifs is 1. The molecule has 7 heteroatoms. The van der Waals surface area contributed by atoms with Crippen molar-refractivity contribution >= 4 is 22.7 Å². The highest BCUT2D eigenvalue weighted by Crippen LogP contribution is 2.60. The number of carbonyl (C=O) groups excluding carboxylic acids is 2. The number of nitrogens with zero attached hydrogens (tertiary/aromatic N) is 2. The third-order valence-electron chi connectivity index (χ3n) is 8.81. The van der Waals surface area contributed by atoms with Crippen molar-refractivity contribution in [1.82, 2.24) is 9.63 Å². The van der Waals surface area contributed by atoms with Crippen LogP contribution in [-0.4, -0.2) is 40.3 Å². The first-order valence-electron chi connectivity index (χ1n) is 12.9. The smallest absolute Gasteiger partial charge is 0.277 e. The predicted molar refractivity (Wildman–Crippen MR) is 136 cm³/mol. The molecular formula is C29H33N3O4. The molecule has 4 aliphatic carbocycles. The topological polar surface area (TPSA) is 97.8 Å². The highest BCUT2D eigenvalue weighted by atomic mass is 16.5. The lowest BCUT2D eigenvalue weighted by atomic mass is 9.49. The Labute approximate surface area is 210 Å². The minimum atomic E-state index is -0.451. The van der Waals surface area contributed by atoms with Crippen LogP contribution < -0.4 is 10.5 Å². The molecule has 2 amide bonds. The first-order valence-corrected chi connectivity index (χ1v) is 12.9. The van der Waals surface area contributed by atoms with Crippen molar-refractivity contribution in [3.8, 4) is 5.75 Å². The van der Waals surface area contributed by atoms with Crippen molar-refractivity contribution in [2.45, 2.75) is 45.1 Å². The van der Waals surface area contributed by atoms with Gasteiger partial charge in [-0.3, -0.25) is 14.8 Å². The molecule has 4 fully saturated rings. The van der Waals surface area contributed by atoms with Gasteiger partial charge in [0.2, 0.25) is 5.91 Å². The van der Waals surface area contributed by atoms with Gasteiger partial charge in [-0.1, -0.05) is 6.07 Å². The summed E-state index contributed by atoms with van der Waals surface area (Å²) < 4.78 is 7.69. The van der Waals surface area contributed by atoms with Gasteiger partial charge in [-0.25, -0.2) is 5.06 Å². The van der Waals surface area contributed by atoms with Crippen LogP contribution in [0.15, 0.2) is 48.7 Å². The number of nitrogens with two attached hydrogens (primary N) is 1. The van der Waals surface area contributed by atoms with E-state index in [9.17, 15) is 14.8 Å². The number of ether oxygens (including phenoxy) is 1. The molecule has 36 heavy (non-hydrogen) atoms. The van der Waals surface area contributed by atoms with Gasteiger partial charge in [0.05, 0.1) is 20.2 Å². The van der Waals surface area contributed by atoms with Crippen molar-refractivity contribution in [1.29, 1.82) is 0 Å². The summed E-state index contributed by atoms with van der Waals surface area (Å²) in [5.74, 6) is 2.08. The van der Waals surface area contributed by atoms with Crippen LogP contribution in [0.5, 0.6) is 5.75 Å². The largest absolute Gasteiger partial charge is 0.496 e. The number of methoxy groups -OCH3 is 1. The first kappa shape index (κ1) is 23.1. The maximum Gasteiger partial charge on any atom is 0.277 e. The van der Waals surface area contributed by atoms with E-state index in [4.69, 9.17) is 10.5 Å². The van der Waals surface area contributed by atoms with Crippen molar-refractivity contribution in [3.63, 3.8) is 0 Å². The SMILES string of the molecule is COc1cc(C(=O)N(O)CC23CC4CC(CC(C4)C2)C3)ccc1Cn1ccc2cc(C(N)=O)ccc21. The molecule has 188 valence electrons. The number of hydroxylamine groups is 2. The Hall–Kier alpha value is -3.32. The van der Waals surface area contributed by atoms with Gasteiger partial charge < -0.3 is 15.0 Å². The van der Waals surface area contributed by atoms with Crippen LogP contribution in [0.3, 0.4) is 0 Å². The van der Waals surface area contributed by atoms with Gasteiger partial charge in [0.15, 0.2) is 0 Å². The molecule has 0 radical (unpaired) electrons. The van der Waals surface area contributed by atoms with Gasteiger partial charge >= 0.3 is 0 Å². The second-order valence-corrected chi connectivity index (χ2v) is 11.4. The van der Waals surface area contributed by atoms with E-state index in [0.29, 0.717) is 30.0 Å². The van der Waals surface area contributed by atoms with Crippen molar-refractivity contribution in [2.75, 3.05) is 13.7 Å². The Balaban J connectivity index is 1.19. The lowest BCUT2D eigenvalue weighted by Crippen LogP contribution is -2.51. The molecule has 1 heterocycles. The third-order valence-corrected chi connectivity index (χ3v) is 8.81. The quantitative estimate of drug-likeness (QED) is 0.368. The Kier molecular flexibility index (Phi) is 5.56. The van der Waals surface area contributed by atoms with Gasteiger partial charge in [0, 0.05) is 33.8 Å². The number of benzene rings is 2. The van der Waals surface area contributed by atoms with Crippen LogP contribution in [-0.2, 0) is 6.54 Å². The predicted octanol–water partition coefficient (Wildman–Crippen LogP) is 4.84. The van der Waals surface area contributed by atoms with Crippen molar-refractivity contribution < 1.29 is 19.5 Å². The number of carbonyl (C=O) groups is 2. The molecule has 4 bridgehead atoms. The fourth-order valence-electron chi connectivity index (χ4n) is 7.71. The zero-order valence-corrected chi connectivity index (χ0v) is 20.7. The van der Waals surface area contributed by atoms with E-state index in [-0.39, 0.29) is 11.3 Å². The summed E-state index contributed by atoms with van der Waals surface area (Å²) >= 11 is 0. The molecule has 0 spiro atoms. The molecule has 3 N–H and O–H groups in total. The van der Waals surface area contributed by atoms with Gasteiger partial charge in [-0.2, -0.15) is 0 Å². The summed E-state index contributed by atoms with van der Waals surface area (Å²) in [6.07, 6.45) is 9.36. The maximum atomic E-state index is 13.2. The Morgan fingerprint density at radius 2 is 1.69 bits per heavy atom. The highest BCUT2D eigenvalue weighted by molar-refractivity contribution is 5.97. The van der Waals surface area contributed by atoms with Crippen LogP contribution in [0.2, 0.25) is 0 Å². The summed E-state index contributed by atoms with van der Waals surface area (Å²) in [4.78, 5) is 24.7. The van der Waals surface area contributed by atoms with Gasteiger partial charge in [0.25, 0.3) is 5.91 Å². The summed E-state index contributed by atoms with van der Waals surface area (Å²) in [5, 5.41) is 12.7. The number of primary amides is 1. The molecule has 7 rings (SSSR count). The van der Waals surface area contributed by atoms with E-state index in [1.54, 1.807) is 31.4 Å². The fourth-order valence-corrected chi connectivity index (χ4v) is 7.71. The Morgan fingerprint density at radius 1 is 1.03 bits per heavy atom. The molecule has 4 saturated carbocycles. The van der Waals surface area contributed by atoms with Crippen molar-refractivity contribution in [3.05, 3.63) is 65.4 Å². The lowest BCUT2D eigenvalue weighted by Gasteiger charge is -2.57. The van der Waals surface area contributed by atoms with Crippen molar-refractivity contribution in [2.24, 2.45) is 28.9 Å². The summed E-state index contributed by atoms with van der Waals surface area (Å²) in [5.41, 5.74) is 8.26. The molecular weight excluding hydrogens is 454 g/mol. The number of rotatable bonds is 7. The van der Waals surface area contributed by atoms with Crippen LogP contribution in [0.1, 0.15) is 64.8 Å². The highest BCUT2D eigenvalue weighted by Gasteiger charge is 2.51. The molecule has 3 aromatic rings. The number of hydrogen-bond donors (Lipinski definition) is 2. The summed E-state index contributed by atoms with van der Waals surface area (Å²) in [7, 11) is 1.59. The molecule has 7 nitrogen and oxygen atoms in total. The fraction of sp³-hybridized carbons (Fsp3) is 0.448. The Bertz CT molecular complexity index is 1310. The van der Waals surface area contributed by atoms with Gasteiger partial charge in [0.1, 0.15) is 5.75 Å². The van der Waals surface area contributed by atoms with E-state index in [1.807, 2.05) is 24.4 Å². The van der Waals surface area contributed by atoms with Crippen LogP contribution >= 0.6 is 0 Å². The maximum absolute atomic E-state index is 13.2. The molecule has 0 atom stereocenters. The average Bonchev–Trinajstić information content (AvgIpc) is 3.24. The minimum absolute atomic E-state index is 0.0764. The second-order valence-electron chi connectivity index (χ2n) is 11.4. The standard InChI is InChI=1S/C29H33N3O4/c1-36-26-12-23(28(34)32(35)17-29-13-18-8-19(14-29)10-20(9-18)15-29)2-3-24(26)16-31-7-6-21-11-22(27(30)33)4-5-25(21)31/h2-7,11-12,18-20,35H,8-10,13-17H2,1H3,(H2,30,33). The van der Waals surface area contributed by atoms with E-state index in [2.05, 4.69) is 4.57 Å². The molecule has 0 unspecified atom stereocenters. The lowest BCUT2D eigenvalue weighted by molar-refractivity contribution is -0.129. The van der Waals surface area contributed by atoms with Gasteiger partial charge in [-0.05, 0) is 98.1 Å². The number of aromatic nitrogens is 1. The molecule has 0 aliphatic heterocycles. The third kappa shape index (κ3) is 4.05. The van der Waals surface area contributed by atoms with E-state index in [0.717, 1.165) is 58.5 Å². The molecule has 2 aromatic carbocycles. The summed E-state index contributed by atoms with van der Waals surface area (Å²) in [6, 6.07) is 12.7. The van der Waals surface area contributed by atoms with E-state index >= 15 is 0 Å². The second kappa shape index (κ2) is 8.66. The van der Waals surface area contributed by atoms with Crippen LogP contribution in [0.4, 0.5) is 0 Å². The van der Waals surface area contributed by atoms with E-state index in [1.165, 1.54) is 19.3 Å². The Morgan fingerprint density at radius 3 is 2.33 bits per heavy atom. The minimum Gasteiger partial charge on any atom is -0.496 e. The summed E-state index contributed by atoms with van der Waals surface area (Å²) in [6.45, 7) is 0.954. The molecule has 0 saturated heterocycles. The molecule has 4 aliphatic rings. The molecule has 1 aromatic heterocycles. The van der Waals surface area contributed by atoms with Gasteiger partial charge in [-0.15, -0.1) is 0 Å². The normalized spacial score (nSPS) is 26.3. The number of hydrogen-bond acceptors (Lipinski definition) is 4.